The highest BCUT2D eigenvalue weighted by Crippen LogP contribution is 2.13. The summed E-state index contributed by atoms with van der Waals surface area (Å²) in [5.74, 6) is 0.0896. The number of rotatable bonds is 4. The van der Waals surface area contributed by atoms with Crippen molar-refractivity contribution in [3.63, 3.8) is 0 Å². The van der Waals surface area contributed by atoms with Gasteiger partial charge in [-0.3, -0.25) is 4.79 Å². The number of halogens is 1. The van der Waals surface area contributed by atoms with Crippen molar-refractivity contribution in [2.24, 2.45) is 0 Å². The number of quaternary nitrogens is 1. The van der Waals surface area contributed by atoms with E-state index in [1.165, 1.54) is 25.9 Å². The first-order valence-electron chi connectivity index (χ1n) is 6.13. The third-order valence-corrected chi connectivity index (χ3v) is 3.40. The van der Waals surface area contributed by atoms with E-state index >= 15 is 0 Å². The van der Waals surface area contributed by atoms with Crippen LogP contribution in [0.2, 0.25) is 5.02 Å². The molecule has 3 nitrogen and oxygen atoms in total. The predicted molar refractivity (Wildman–Crippen MR) is 69.5 cm³/mol. The molecular weight excluding hydrogens is 236 g/mol. The number of carbonyl (C=O) groups is 1. The van der Waals surface area contributed by atoms with E-state index in [-0.39, 0.29) is 5.91 Å². The summed E-state index contributed by atoms with van der Waals surface area (Å²) in [7, 11) is 0. The fourth-order valence-electron chi connectivity index (χ4n) is 2.17. The van der Waals surface area contributed by atoms with Gasteiger partial charge in [-0.1, -0.05) is 11.6 Å². The van der Waals surface area contributed by atoms with Gasteiger partial charge in [0.25, 0.3) is 0 Å². The van der Waals surface area contributed by atoms with Crippen LogP contribution in [0.15, 0.2) is 24.3 Å². The smallest absolute Gasteiger partial charge is 0.230 e. The van der Waals surface area contributed by atoms with Crippen LogP contribution in [0.1, 0.15) is 19.3 Å². The minimum Gasteiger partial charge on any atom is -0.334 e. The molecule has 0 aliphatic carbocycles. The molecule has 92 valence electrons. The van der Waals surface area contributed by atoms with Gasteiger partial charge in [0.15, 0.2) is 0 Å². The molecule has 0 aromatic heterocycles. The molecule has 1 aromatic carbocycles. The lowest BCUT2D eigenvalue weighted by Gasteiger charge is -2.11. The Bertz CT molecular complexity index is 372. The van der Waals surface area contributed by atoms with Gasteiger partial charge in [0, 0.05) is 23.6 Å². The van der Waals surface area contributed by atoms with Gasteiger partial charge in [-0.2, -0.15) is 0 Å². The molecule has 0 unspecified atom stereocenters. The number of nitrogens with one attached hydrogen (secondary N) is 2. The summed E-state index contributed by atoms with van der Waals surface area (Å²) in [5.41, 5.74) is 0.816. The molecule has 1 fully saturated rings. The van der Waals surface area contributed by atoms with Crippen molar-refractivity contribution in [3.05, 3.63) is 29.3 Å². The molecule has 0 bridgehead atoms. The van der Waals surface area contributed by atoms with Gasteiger partial charge in [-0.05, 0) is 24.3 Å². The molecule has 17 heavy (non-hydrogen) atoms. The fourth-order valence-corrected chi connectivity index (χ4v) is 2.30. The second-order valence-electron chi connectivity index (χ2n) is 4.51. The summed E-state index contributed by atoms with van der Waals surface area (Å²) in [4.78, 5) is 13.2. The maximum Gasteiger partial charge on any atom is 0.230 e. The molecule has 0 radical (unpaired) electrons. The number of benzene rings is 1. The molecule has 1 aliphatic heterocycles. The number of hydrogen-bond donors (Lipinski definition) is 2. The third-order valence-electron chi connectivity index (χ3n) is 3.14. The average Bonchev–Trinajstić information content (AvgIpc) is 2.83. The lowest BCUT2D eigenvalue weighted by molar-refractivity contribution is -0.886. The molecule has 1 saturated heterocycles. The number of anilines is 1. The van der Waals surface area contributed by atoms with Gasteiger partial charge in [0.05, 0.1) is 26.1 Å². The molecule has 1 aromatic rings. The van der Waals surface area contributed by atoms with Crippen LogP contribution in [-0.2, 0) is 4.79 Å². The van der Waals surface area contributed by atoms with Crippen LogP contribution in [0.3, 0.4) is 0 Å². The topological polar surface area (TPSA) is 33.5 Å². The zero-order valence-corrected chi connectivity index (χ0v) is 10.6. The SMILES string of the molecule is O=C(CC[NH+]1CCCC1)Nc1ccc(Cl)cc1. The number of amides is 1. The molecule has 1 heterocycles. The van der Waals surface area contributed by atoms with Crippen LogP contribution in [0, 0.1) is 0 Å². The maximum absolute atomic E-state index is 11.7. The molecule has 4 heteroatoms. The first-order chi connectivity index (χ1) is 8.24. The lowest BCUT2D eigenvalue weighted by Crippen LogP contribution is -3.10. The van der Waals surface area contributed by atoms with Crippen molar-refractivity contribution in [1.82, 2.24) is 0 Å². The van der Waals surface area contributed by atoms with Crippen molar-refractivity contribution in [1.29, 1.82) is 0 Å². The van der Waals surface area contributed by atoms with Gasteiger partial charge in [0.2, 0.25) is 5.91 Å². The lowest BCUT2D eigenvalue weighted by atomic mass is 10.3. The third kappa shape index (κ3) is 4.02. The Hall–Kier alpha value is -1.06. The largest absolute Gasteiger partial charge is 0.334 e. The van der Waals surface area contributed by atoms with Crippen molar-refractivity contribution in [2.45, 2.75) is 19.3 Å². The van der Waals surface area contributed by atoms with Gasteiger partial charge < -0.3 is 10.2 Å². The van der Waals surface area contributed by atoms with Crippen LogP contribution in [0.25, 0.3) is 0 Å². The average molecular weight is 254 g/mol. The maximum atomic E-state index is 11.7. The highest BCUT2D eigenvalue weighted by Gasteiger charge is 2.16. The minimum atomic E-state index is 0.0896. The zero-order valence-electron chi connectivity index (χ0n) is 9.84. The van der Waals surface area contributed by atoms with E-state index in [4.69, 9.17) is 11.6 Å². The van der Waals surface area contributed by atoms with Crippen LogP contribution < -0.4 is 10.2 Å². The van der Waals surface area contributed by atoms with Crippen LogP contribution >= 0.6 is 11.6 Å². The van der Waals surface area contributed by atoms with Crippen molar-refractivity contribution >= 4 is 23.2 Å². The number of likely N-dealkylation sites (tertiary alicyclic amines) is 1. The van der Waals surface area contributed by atoms with E-state index in [1.54, 1.807) is 17.0 Å². The molecule has 2 rings (SSSR count). The second kappa shape index (κ2) is 6.03. The first kappa shape index (κ1) is 12.4. The van der Waals surface area contributed by atoms with Crippen LogP contribution in [0.4, 0.5) is 5.69 Å². The van der Waals surface area contributed by atoms with Crippen LogP contribution in [-0.4, -0.2) is 25.5 Å². The van der Waals surface area contributed by atoms with E-state index in [2.05, 4.69) is 5.32 Å². The Morgan fingerprint density at radius 3 is 2.53 bits per heavy atom. The molecule has 0 saturated carbocycles. The second-order valence-corrected chi connectivity index (χ2v) is 4.95. The Morgan fingerprint density at radius 1 is 1.24 bits per heavy atom. The summed E-state index contributed by atoms with van der Waals surface area (Å²) in [6.07, 6.45) is 3.19. The van der Waals surface area contributed by atoms with Crippen LogP contribution in [0.5, 0.6) is 0 Å². The predicted octanol–water partition coefficient (Wildman–Crippen LogP) is 1.35. The van der Waals surface area contributed by atoms with E-state index in [0.717, 1.165) is 12.2 Å². The Labute approximate surface area is 107 Å². The van der Waals surface area contributed by atoms with Gasteiger partial charge in [-0.25, -0.2) is 0 Å². The molecule has 1 amide bonds. The summed E-state index contributed by atoms with van der Waals surface area (Å²) >= 11 is 5.78. The van der Waals surface area contributed by atoms with Gasteiger partial charge in [0.1, 0.15) is 0 Å². The molecule has 0 atom stereocenters. The number of hydrogen-bond acceptors (Lipinski definition) is 1. The first-order valence-corrected chi connectivity index (χ1v) is 6.51. The Kier molecular flexibility index (Phi) is 4.40. The molecule has 1 aliphatic rings. The molecular formula is C13H18ClN2O+. The molecule has 2 N–H and O–H groups in total. The minimum absolute atomic E-state index is 0.0896. The van der Waals surface area contributed by atoms with Crippen molar-refractivity contribution in [3.8, 4) is 0 Å². The summed E-state index contributed by atoms with van der Waals surface area (Å²) < 4.78 is 0. The Balaban J connectivity index is 1.74. The summed E-state index contributed by atoms with van der Waals surface area (Å²) in [6, 6.07) is 7.21. The highest BCUT2D eigenvalue weighted by molar-refractivity contribution is 6.30. The van der Waals surface area contributed by atoms with Crippen molar-refractivity contribution < 1.29 is 9.69 Å². The van der Waals surface area contributed by atoms with E-state index in [9.17, 15) is 4.79 Å². The van der Waals surface area contributed by atoms with E-state index in [0.29, 0.717) is 11.4 Å². The van der Waals surface area contributed by atoms with E-state index in [1.807, 2.05) is 12.1 Å². The standard InChI is InChI=1S/C13H17ClN2O/c14-11-3-5-12(6-4-11)15-13(17)7-10-16-8-1-2-9-16/h3-6H,1-2,7-10H2,(H,15,17)/p+1. The molecule has 0 spiro atoms. The normalized spacial score (nSPS) is 16.1. The summed E-state index contributed by atoms with van der Waals surface area (Å²) in [6.45, 7) is 3.38. The fraction of sp³-hybridized carbons (Fsp3) is 0.462. The van der Waals surface area contributed by atoms with Crippen molar-refractivity contribution in [2.75, 3.05) is 25.0 Å². The number of carbonyl (C=O) groups excluding carboxylic acids is 1. The Morgan fingerprint density at radius 2 is 1.88 bits per heavy atom. The summed E-state index contributed by atoms with van der Waals surface area (Å²) in [5, 5.41) is 3.57. The highest BCUT2D eigenvalue weighted by atomic mass is 35.5. The zero-order chi connectivity index (χ0) is 12.1. The van der Waals surface area contributed by atoms with E-state index < -0.39 is 0 Å². The van der Waals surface area contributed by atoms with Gasteiger partial charge in [-0.15, -0.1) is 0 Å². The monoisotopic (exact) mass is 253 g/mol. The van der Waals surface area contributed by atoms with Gasteiger partial charge >= 0.3 is 0 Å². The quantitative estimate of drug-likeness (QED) is 0.835.